The normalized spacial score (nSPS) is 14.9. The lowest BCUT2D eigenvalue weighted by atomic mass is 10.0. The van der Waals surface area contributed by atoms with Crippen LogP contribution in [0, 0.1) is 11.6 Å². The monoisotopic (exact) mass is 507 g/mol. The lowest BCUT2D eigenvalue weighted by molar-refractivity contribution is -0.135. The number of benzene rings is 2. The number of hydrogen-bond donors (Lipinski definition) is 1. The van der Waals surface area contributed by atoms with Crippen LogP contribution in [0.15, 0.2) is 42.5 Å². The molecule has 3 amide bonds. The molecule has 1 aliphatic heterocycles. The van der Waals surface area contributed by atoms with Gasteiger partial charge in [-0.25, -0.2) is 13.6 Å². The maximum absolute atomic E-state index is 14.0. The average molecular weight is 508 g/mol. The standard InChI is InChI=1S/C25H28ClF2N3O4/c1-25(2,3)35-24(34)29-21(14-16-5-4-6-17(26)13-16)23(33)31-11-9-30(10-12-31)22(32)19-15-18(27)7-8-20(19)28/h4-8,13,15,21H,9-12,14H2,1-3H3,(H,29,34)/t21-/m1/s1. The molecule has 0 unspecified atom stereocenters. The van der Waals surface area contributed by atoms with E-state index in [1.54, 1.807) is 45.0 Å². The van der Waals surface area contributed by atoms with Crippen molar-refractivity contribution in [3.8, 4) is 0 Å². The van der Waals surface area contributed by atoms with Gasteiger partial charge in [0.05, 0.1) is 5.56 Å². The Bertz CT molecular complexity index is 1100. The number of rotatable bonds is 5. The molecule has 0 aliphatic carbocycles. The molecule has 35 heavy (non-hydrogen) atoms. The first kappa shape index (κ1) is 26.4. The third kappa shape index (κ3) is 7.39. The van der Waals surface area contributed by atoms with Gasteiger partial charge in [-0.15, -0.1) is 0 Å². The number of amides is 3. The maximum atomic E-state index is 14.0. The molecule has 0 aromatic heterocycles. The number of ether oxygens (including phenoxy) is 1. The summed E-state index contributed by atoms with van der Waals surface area (Å²) in [5, 5.41) is 3.15. The molecule has 2 aromatic carbocycles. The van der Waals surface area contributed by atoms with Gasteiger partial charge in [-0.1, -0.05) is 23.7 Å². The lowest BCUT2D eigenvalue weighted by Crippen LogP contribution is -2.56. The summed E-state index contributed by atoms with van der Waals surface area (Å²) in [6.07, 6.45) is -0.542. The van der Waals surface area contributed by atoms with E-state index in [0.717, 1.165) is 23.8 Å². The molecule has 1 N–H and O–H groups in total. The van der Waals surface area contributed by atoms with E-state index in [1.165, 1.54) is 9.80 Å². The van der Waals surface area contributed by atoms with Crippen molar-refractivity contribution >= 4 is 29.5 Å². The Labute approximate surface area is 208 Å². The Morgan fingerprint density at radius 2 is 1.69 bits per heavy atom. The van der Waals surface area contributed by atoms with Gasteiger partial charge in [0, 0.05) is 37.6 Å². The van der Waals surface area contributed by atoms with Crippen molar-refractivity contribution < 1.29 is 27.9 Å². The van der Waals surface area contributed by atoms with E-state index in [9.17, 15) is 23.2 Å². The Morgan fingerprint density at radius 1 is 1.03 bits per heavy atom. The highest BCUT2D eigenvalue weighted by atomic mass is 35.5. The Kier molecular flexibility index (Phi) is 8.32. The highest BCUT2D eigenvalue weighted by Gasteiger charge is 2.32. The SMILES string of the molecule is CC(C)(C)OC(=O)N[C@H](Cc1cccc(Cl)c1)C(=O)N1CCN(C(=O)c2cc(F)ccc2F)CC1. The summed E-state index contributed by atoms with van der Waals surface area (Å²) in [6, 6.07) is 8.76. The third-order valence-electron chi connectivity index (χ3n) is 5.36. The van der Waals surface area contributed by atoms with E-state index >= 15 is 0 Å². The molecule has 10 heteroatoms. The number of nitrogens with one attached hydrogen (secondary N) is 1. The van der Waals surface area contributed by atoms with Crippen molar-refractivity contribution in [2.24, 2.45) is 0 Å². The van der Waals surface area contributed by atoms with Crippen LogP contribution in [0.25, 0.3) is 0 Å². The van der Waals surface area contributed by atoms with Gasteiger partial charge in [0.25, 0.3) is 5.91 Å². The predicted molar refractivity (Wildman–Crippen MR) is 127 cm³/mol. The molecule has 1 heterocycles. The zero-order valence-electron chi connectivity index (χ0n) is 19.8. The van der Waals surface area contributed by atoms with Crippen LogP contribution in [-0.2, 0) is 16.0 Å². The summed E-state index contributed by atoms with van der Waals surface area (Å²) >= 11 is 6.07. The fourth-order valence-electron chi connectivity index (χ4n) is 3.73. The predicted octanol–water partition coefficient (Wildman–Crippen LogP) is 4.04. The fraction of sp³-hybridized carbons (Fsp3) is 0.400. The number of halogens is 3. The van der Waals surface area contributed by atoms with Crippen molar-refractivity contribution in [2.45, 2.75) is 38.8 Å². The number of carbonyl (C=O) groups is 3. The molecular formula is C25H28ClF2N3O4. The van der Waals surface area contributed by atoms with Gasteiger partial charge in [0.1, 0.15) is 23.3 Å². The molecule has 1 fully saturated rings. The first-order chi connectivity index (χ1) is 16.4. The van der Waals surface area contributed by atoms with Crippen LogP contribution < -0.4 is 5.32 Å². The fourth-order valence-corrected chi connectivity index (χ4v) is 3.94. The van der Waals surface area contributed by atoms with E-state index in [-0.39, 0.29) is 44.1 Å². The van der Waals surface area contributed by atoms with Gasteiger partial charge < -0.3 is 19.9 Å². The Hall–Kier alpha value is -3.20. The highest BCUT2D eigenvalue weighted by molar-refractivity contribution is 6.30. The Morgan fingerprint density at radius 3 is 2.31 bits per heavy atom. The van der Waals surface area contributed by atoms with Gasteiger partial charge in [0.2, 0.25) is 5.91 Å². The molecule has 0 radical (unpaired) electrons. The van der Waals surface area contributed by atoms with Crippen LogP contribution in [0.2, 0.25) is 5.02 Å². The summed E-state index contributed by atoms with van der Waals surface area (Å²) in [5.41, 5.74) is -0.344. The van der Waals surface area contributed by atoms with Crippen molar-refractivity contribution in [2.75, 3.05) is 26.2 Å². The molecule has 0 bridgehead atoms. The summed E-state index contributed by atoms with van der Waals surface area (Å²) in [4.78, 5) is 41.3. The minimum Gasteiger partial charge on any atom is -0.444 e. The molecule has 188 valence electrons. The molecular weight excluding hydrogens is 480 g/mol. The molecule has 7 nitrogen and oxygen atoms in total. The van der Waals surface area contributed by atoms with Crippen LogP contribution in [0.3, 0.4) is 0 Å². The molecule has 1 aliphatic rings. The smallest absolute Gasteiger partial charge is 0.408 e. The Balaban J connectivity index is 1.69. The van der Waals surface area contributed by atoms with Crippen molar-refractivity contribution in [3.63, 3.8) is 0 Å². The van der Waals surface area contributed by atoms with Gasteiger partial charge in [-0.05, 0) is 56.7 Å². The van der Waals surface area contributed by atoms with Gasteiger partial charge in [-0.2, -0.15) is 0 Å². The molecule has 1 saturated heterocycles. The number of nitrogens with zero attached hydrogens (tertiary/aromatic N) is 2. The second-order valence-electron chi connectivity index (χ2n) is 9.27. The van der Waals surface area contributed by atoms with Gasteiger partial charge >= 0.3 is 6.09 Å². The second-order valence-corrected chi connectivity index (χ2v) is 9.71. The van der Waals surface area contributed by atoms with Gasteiger partial charge in [-0.3, -0.25) is 9.59 Å². The van der Waals surface area contributed by atoms with Crippen LogP contribution in [0.1, 0.15) is 36.7 Å². The van der Waals surface area contributed by atoms with E-state index < -0.39 is 35.3 Å². The maximum Gasteiger partial charge on any atom is 0.408 e. The quantitative estimate of drug-likeness (QED) is 0.662. The first-order valence-electron chi connectivity index (χ1n) is 11.2. The zero-order chi connectivity index (χ0) is 25.8. The van der Waals surface area contributed by atoms with Crippen molar-refractivity contribution in [1.29, 1.82) is 0 Å². The van der Waals surface area contributed by atoms with Crippen LogP contribution in [0.4, 0.5) is 13.6 Å². The lowest BCUT2D eigenvalue weighted by Gasteiger charge is -2.36. The summed E-state index contributed by atoms with van der Waals surface area (Å²) in [6.45, 7) is 5.77. The number of piperazine rings is 1. The van der Waals surface area contributed by atoms with Crippen molar-refractivity contribution in [1.82, 2.24) is 15.1 Å². The minimum atomic E-state index is -0.925. The molecule has 2 aromatic rings. The topological polar surface area (TPSA) is 79.0 Å². The number of alkyl carbamates (subject to hydrolysis) is 1. The van der Waals surface area contributed by atoms with Crippen LogP contribution >= 0.6 is 11.6 Å². The summed E-state index contributed by atoms with van der Waals surface area (Å²) in [7, 11) is 0. The molecule has 0 spiro atoms. The second kappa shape index (κ2) is 11.0. The number of hydrogen-bond acceptors (Lipinski definition) is 4. The van der Waals surface area contributed by atoms with E-state index in [4.69, 9.17) is 16.3 Å². The summed E-state index contributed by atoms with van der Waals surface area (Å²) in [5.74, 6) is -2.50. The first-order valence-corrected chi connectivity index (χ1v) is 11.6. The molecule has 3 rings (SSSR count). The molecule has 1 atom stereocenters. The molecule has 0 saturated carbocycles. The summed E-state index contributed by atoms with van der Waals surface area (Å²) < 4.78 is 32.8. The van der Waals surface area contributed by atoms with Crippen LogP contribution in [-0.4, -0.2) is 65.5 Å². The highest BCUT2D eigenvalue weighted by Crippen LogP contribution is 2.17. The minimum absolute atomic E-state index is 0.136. The van der Waals surface area contributed by atoms with E-state index in [0.29, 0.717) is 5.02 Å². The third-order valence-corrected chi connectivity index (χ3v) is 5.59. The van der Waals surface area contributed by atoms with Gasteiger partial charge in [0.15, 0.2) is 0 Å². The average Bonchev–Trinajstić information content (AvgIpc) is 2.78. The largest absolute Gasteiger partial charge is 0.444 e. The van der Waals surface area contributed by atoms with E-state index in [2.05, 4.69) is 5.32 Å². The van der Waals surface area contributed by atoms with E-state index in [1.807, 2.05) is 0 Å². The van der Waals surface area contributed by atoms with Crippen LogP contribution in [0.5, 0.6) is 0 Å². The zero-order valence-corrected chi connectivity index (χ0v) is 20.6. The number of carbonyl (C=O) groups excluding carboxylic acids is 3. The van der Waals surface area contributed by atoms with Crippen molar-refractivity contribution in [3.05, 3.63) is 70.2 Å².